The molecule has 0 radical (unpaired) electrons. The highest BCUT2D eigenvalue weighted by molar-refractivity contribution is 5.91. The molecule has 106 valence electrons. The average Bonchev–Trinajstić information content (AvgIpc) is 3.01. The first kappa shape index (κ1) is 12.9. The molecule has 0 aromatic heterocycles. The number of aliphatic carboxylic acids is 1. The molecule has 1 fully saturated rings. The molecule has 2 aliphatic heterocycles. The first-order valence-corrected chi connectivity index (χ1v) is 6.62. The van der Waals surface area contributed by atoms with E-state index in [1.54, 1.807) is 0 Å². The van der Waals surface area contributed by atoms with Crippen molar-refractivity contribution in [3.8, 4) is 0 Å². The summed E-state index contributed by atoms with van der Waals surface area (Å²) in [5.74, 6) is -1.32. The third kappa shape index (κ3) is 2.12. The summed E-state index contributed by atoms with van der Waals surface area (Å²) in [6, 6.07) is 6.27. The molecule has 0 saturated carbocycles. The zero-order valence-corrected chi connectivity index (χ0v) is 10.8. The lowest BCUT2D eigenvalue weighted by molar-refractivity contribution is -0.148. The number of aliphatic hydroxyl groups is 1. The van der Waals surface area contributed by atoms with Crippen LogP contribution >= 0.6 is 0 Å². The third-order valence-corrected chi connectivity index (χ3v) is 3.92. The molecular formula is C14H16N2O4. The Kier molecular flexibility index (Phi) is 3.10. The molecule has 3 rings (SSSR count). The van der Waals surface area contributed by atoms with Crippen LogP contribution in [0.15, 0.2) is 24.3 Å². The van der Waals surface area contributed by atoms with Gasteiger partial charge in [-0.25, -0.2) is 4.79 Å². The summed E-state index contributed by atoms with van der Waals surface area (Å²) >= 11 is 0. The average molecular weight is 276 g/mol. The number of carbonyl (C=O) groups is 2. The smallest absolute Gasteiger partial charge is 0.326 e. The van der Waals surface area contributed by atoms with Crippen molar-refractivity contribution in [2.75, 3.05) is 11.9 Å². The number of rotatable bonds is 2. The summed E-state index contributed by atoms with van der Waals surface area (Å²) in [4.78, 5) is 24.9. The van der Waals surface area contributed by atoms with Gasteiger partial charge in [0.1, 0.15) is 12.1 Å². The molecule has 6 heteroatoms. The van der Waals surface area contributed by atoms with Gasteiger partial charge in [-0.1, -0.05) is 18.2 Å². The zero-order chi connectivity index (χ0) is 14.3. The number of carboxylic acids is 1. The first-order chi connectivity index (χ1) is 9.56. The van der Waals surface area contributed by atoms with E-state index in [1.807, 2.05) is 24.3 Å². The van der Waals surface area contributed by atoms with Crippen molar-refractivity contribution in [3.63, 3.8) is 0 Å². The van der Waals surface area contributed by atoms with Crippen LogP contribution in [-0.4, -0.2) is 51.7 Å². The number of anilines is 1. The van der Waals surface area contributed by atoms with Crippen molar-refractivity contribution in [2.45, 2.75) is 31.0 Å². The van der Waals surface area contributed by atoms with E-state index < -0.39 is 24.2 Å². The van der Waals surface area contributed by atoms with Crippen LogP contribution in [-0.2, 0) is 16.0 Å². The monoisotopic (exact) mass is 276 g/mol. The van der Waals surface area contributed by atoms with Crippen LogP contribution in [0.3, 0.4) is 0 Å². The molecule has 3 N–H and O–H groups in total. The lowest BCUT2D eigenvalue weighted by atomic mass is 10.1. The fourth-order valence-corrected chi connectivity index (χ4v) is 2.94. The molecule has 1 amide bonds. The fourth-order valence-electron chi connectivity index (χ4n) is 2.94. The Morgan fingerprint density at radius 3 is 2.75 bits per heavy atom. The molecule has 1 saturated heterocycles. The molecule has 1 aromatic rings. The van der Waals surface area contributed by atoms with Gasteiger partial charge in [0.15, 0.2) is 0 Å². The van der Waals surface area contributed by atoms with E-state index in [9.17, 15) is 14.7 Å². The number of aliphatic hydroxyl groups excluding tert-OH is 1. The SMILES string of the molecule is O=C(O)[C@@H]1C[C@@H](O)CN1C(=O)[C@@H]1Cc2ccccc2N1. The largest absolute Gasteiger partial charge is 0.480 e. The lowest BCUT2D eigenvalue weighted by Gasteiger charge is -2.24. The van der Waals surface area contributed by atoms with Crippen LogP contribution < -0.4 is 5.32 Å². The highest BCUT2D eigenvalue weighted by Gasteiger charge is 2.42. The number of amides is 1. The Balaban J connectivity index is 1.76. The molecule has 20 heavy (non-hydrogen) atoms. The molecule has 2 aliphatic rings. The molecule has 1 aromatic carbocycles. The van der Waals surface area contributed by atoms with Crippen LogP contribution in [0.5, 0.6) is 0 Å². The van der Waals surface area contributed by atoms with E-state index in [0.717, 1.165) is 11.3 Å². The van der Waals surface area contributed by atoms with Crippen molar-refractivity contribution >= 4 is 17.6 Å². The molecular weight excluding hydrogens is 260 g/mol. The van der Waals surface area contributed by atoms with Gasteiger partial charge in [0, 0.05) is 25.1 Å². The normalized spacial score (nSPS) is 28.1. The van der Waals surface area contributed by atoms with Gasteiger partial charge in [0.2, 0.25) is 5.91 Å². The number of para-hydroxylation sites is 1. The maximum atomic E-state index is 12.5. The van der Waals surface area contributed by atoms with Crippen molar-refractivity contribution in [1.29, 1.82) is 0 Å². The Morgan fingerprint density at radius 2 is 2.05 bits per heavy atom. The van der Waals surface area contributed by atoms with E-state index in [0.29, 0.717) is 6.42 Å². The lowest BCUT2D eigenvalue weighted by Crippen LogP contribution is -2.47. The van der Waals surface area contributed by atoms with Gasteiger partial charge in [-0.2, -0.15) is 0 Å². The Hall–Kier alpha value is -2.08. The van der Waals surface area contributed by atoms with Crippen LogP contribution in [0.2, 0.25) is 0 Å². The highest BCUT2D eigenvalue weighted by Crippen LogP contribution is 2.28. The number of likely N-dealkylation sites (tertiary alicyclic amines) is 1. The number of hydrogen-bond acceptors (Lipinski definition) is 4. The van der Waals surface area contributed by atoms with Crippen molar-refractivity contribution in [2.24, 2.45) is 0 Å². The number of nitrogens with one attached hydrogen (secondary N) is 1. The van der Waals surface area contributed by atoms with E-state index in [1.165, 1.54) is 4.90 Å². The molecule has 0 spiro atoms. The number of benzene rings is 1. The number of carboxylic acid groups (broad SMARTS) is 1. The van der Waals surface area contributed by atoms with Crippen LogP contribution in [0.1, 0.15) is 12.0 Å². The van der Waals surface area contributed by atoms with Crippen molar-refractivity contribution in [3.05, 3.63) is 29.8 Å². The summed E-state index contributed by atoms with van der Waals surface area (Å²) < 4.78 is 0. The summed E-state index contributed by atoms with van der Waals surface area (Å²) in [5.41, 5.74) is 1.97. The second-order valence-corrected chi connectivity index (χ2v) is 5.29. The maximum absolute atomic E-state index is 12.5. The number of nitrogens with zero attached hydrogens (tertiary/aromatic N) is 1. The minimum Gasteiger partial charge on any atom is -0.480 e. The second kappa shape index (κ2) is 4.79. The number of hydrogen-bond donors (Lipinski definition) is 3. The minimum atomic E-state index is -1.06. The maximum Gasteiger partial charge on any atom is 0.326 e. The van der Waals surface area contributed by atoms with E-state index in [4.69, 9.17) is 5.11 Å². The number of β-amino-alcohol motifs (C(OH)–C–C–N with tert-alkyl or cyclic N) is 1. The standard InChI is InChI=1S/C14H16N2O4/c17-9-6-12(14(19)20)16(7-9)13(18)11-5-8-3-1-2-4-10(8)15-11/h1-4,9,11-12,15,17H,5-7H2,(H,19,20)/t9-,11+,12+/m1/s1. The van der Waals surface area contributed by atoms with Crippen LogP contribution in [0.4, 0.5) is 5.69 Å². The van der Waals surface area contributed by atoms with Crippen molar-refractivity contribution in [1.82, 2.24) is 4.90 Å². The molecule has 0 aliphatic carbocycles. The molecule has 2 heterocycles. The third-order valence-electron chi connectivity index (χ3n) is 3.92. The first-order valence-electron chi connectivity index (χ1n) is 6.62. The van der Waals surface area contributed by atoms with E-state index >= 15 is 0 Å². The quantitative estimate of drug-likeness (QED) is 0.711. The predicted molar refractivity (Wildman–Crippen MR) is 71.3 cm³/mol. The Labute approximate surface area is 116 Å². The molecule has 0 unspecified atom stereocenters. The summed E-state index contributed by atoms with van der Waals surface area (Å²) in [6.45, 7) is 0.0876. The fraction of sp³-hybridized carbons (Fsp3) is 0.429. The highest BCUT2D eigenvalue weighted by atomic mass is 16.4. The summed E-state index contributed by atoms with van der Waals surface area (Å²) in [6.07, 6.45) is -0.113. The zero-order valence-electron chi connectivity index (χ0n) is 10.8. The van der Waals surface area contributed by atoms with Gasteiger partial charge < -0.3 is 20.4 Å². The number of fused-ring (bicyclic) bond motifs is 1. The topological polar surface area (TPSA) is 89.9 Å². The molecule has 6 nitrogen and oxygen atoms in total. The van der Waals surface area contributed by atoms with Gasteiger partial charge in [-0.05, 0) is 11.6 Å². The Morgan fingerprint density at radius 1 is 1.30 bits per heavy atom. The second-order valence-electron chi connectivity index (χ2n) is 5.29. The van der Waals surface area contributed by atoms with Crippen molar-refractivity contribution < 1.29 is 19.8 Å². The van der Waals surface area contributed by atoms with Crippen LogP contribution in [0.25, 0.3) is 0 Å². The molecule has 3 atom stereocenters. The van der Waals surface area contributed by atoms with Gasteiger partial charge >= 0.3 is 5.97 Å². The minimum absolute atomic E-state index is 0.0876. The summed E-state index contributed by atoms with van der Waals surface area (Å²) in [5, 5.41) is 21.9. The van der Waals surface area contributed by atoms with Gasteiger partial charge in [0.05, 0.1) is 6.10 Å². The number of carbonyl (C=O) groups excluding carboxylic acids is 1. The predicted octanol–water partition coefficient (Wildman–Crippen LogP) is 0.0696. The molecule has 0 bridgehead atoms. The van der Waals surface area contributed by atoms with Crippen LogP contribution in [0, 0.1) is 0 Å². The van der Waals surface area contributed by atoms with E-state index in [2.05, 4.69) is 5.32 Å². The van der Waals surface area contributed by atoms with Gasteiger partial charge in [0.25, 0.3) is 0 Å². The summed E-state index contributed by atoms with van der Waals surface area (Å²) in [7, 11) is 0. The van der Waals surface area contributed by atoms with E-state index in [-0.39, 0.29) is 18.9 Å². The Bertz CT molecular complexity index is 535. The van der Waals surface area contributed by atoms with Gasteiger partial charge in [-0.3, -0.25) is 4.79 Å². The van der Waals surface area contributed by atoms with Gasteiger partial charge in [-0.15, -0.1) is 0 Å².